The summed E-state index contributed by atoms with van der Waals surface area (Å²) in [6.07, 6.45) is 0.874. The van der Waals surface area contributed by atoms with Gasteiger partial charge in [0.2, 0.25) is 0 Å². The molecule has 0 radical (unpaired) electrons. The quantitative estimate of drug-likeness (QED) is 0.173. The van der Waals surface area contributed by atoms with Crippen molar-refractivity contribution in [3.05, 3.63) is 205 Å². The number of fused-ring (bicyclic) bond motifs is 13. The van der Waals surface area contributed by atoms with Crippen molar-refractivity contribution in [2.75, 3.05) is 0 Å². The Hall–Kier alpha value is -8.61. The average molecular weight is 819 g/mol. The highest BCUT2D eigenvalue weighted by atomic mass is 16.4. The Morgan fingerprint density at radius 1 is 0.344 bits per heavy atom. The minimum absolute atomic E-state index is 0.652. The number of hydrogen-bond donors (Lipinski definition) is 0. The van der Waals surface area contributed by atoms with E-state index in [-0.39, 0.29) is 0 Å². The van der Waals surface area contributed by atoms with Gasteiger partial charge in [0.1, 0.15) is 11.2 Å². The van der Waals surface area contributed by atoms with Crippen LogP contribution in [0.4, 0.5) is 0 Å². The fourth-order valence-electron chi connectivity index (χ4n) is 10.1. The highest BCUT2D eigenvalue weighted by Gasteiger charge is 2.24. The molecule has 0 unspecified atom stereocenters. The van der Waals surface area contributed by atoms with E-state index in [1.807, 2.05) is 78.9 Å². The average Bonchev–Trinajstić information content (AvgIpc) is 4.13. The van der Waals surface area contributed by atoms with Gasteiger partial charge in [-0.25, -0.2) is 15.0 Å². The van der Waals surface area contributed by atoms with E-state index in [1.165, 1.54) is 33.0 Å². The molecule has 1 aliphatic carbocycles. The van der Waals surface area contributed by atoms with Gasteiger partial charge >= 0.3 is 0 Å². The summed E-state index contributed by atoms with van der Waals surface area (Å²) in [5.41, 5.74) is 16.7. The lowest BCUT2D eigenvalue weighted by Crippen LogP contribution is -2.00. The maximum Gasteiger partial charge on any atom is 0.178 e. The molecule has 4 heterocycles. The number of rotatable bonds is 5. The normalized spacial score (nSPS) is 12.3. The fourth-order valence-corrected chi connectivity index (χ4v) is 10.1. The molecule has 6 heteroatoms. The monoisotopic (exact) mass is 818 g/mol. The minimum Gasteiger partial charge on any atom is -0.452 e. The molecular formula is C58H34N4O2. The molecule has 0 atom stereocenters. The van der Waals surface area contributed by atoms with Crippen LogP contribution in [0.1, 0.15) is 11.1 Å². The van der Waals surface area contributed by atoms with Crippen LogP contribution < -0.4 is 0 Å². The second kappa shape index (κ2) is 13.4. The summed E-state index contributed by atoms with van der Waals surface area (Å²) in [5, 5.41) is 6.65. The molecule has 9 aromatic carbocycles. The first-order chi connectivity index (χ1) is 31.7. The van der Waals surface area contributed by atoms with E-state index in [0.717, 1.165) is 94.8 Å². The van der Waals surface area contributed by atoms with Crippen LogP contribution >= 0.6 is 0 Å². The van der Waals surface area contributed by atoms with Crippen LogP contribution in [0.15, 0.2) is 203 Å². The van der Waals surface area contributed by atoms with E-state index < -0.39 is 0 Å². The Bertz CT molecular complexity index is 3990. The number of nitrogens with zero attached hydrogens (tertiary/aromatic N) is 4. The Kier molecular flexibility index (Phi) is 7.36. The zero-order chi connectivity index (χ0) is 41.9. The molecule has 0 aliphatic heterocycles. The van der Waals surface area contributed by atoms with Crippen LogP contribution in [0.3, 0.4) is 0 Å². The van der Waals surface area contributed by atoms with Gasteiger partial charge in [0, 0.05) is 60.3 Å². The third kappa shape index (κ3) is 5.23. The van der Waals surface area contributed by atoms with Gasteiger partial charge in [0.15, 0.2) is 28.6 Å². The first kappa shape index (κ1) is 35.0. The third-order valence-corrected chi connectivity index (χ3v) is 13.1. The maximum atomic E-state index is 6.81. The Morgan fingerprint density at radius 3 is 1.70 bits per heavy atom. The second-order valence-corrected chi connectivity index (χ2v) is 16.7. The minimum atomic E-state index is 0.652. The lowest BCUT2D eigenvalue weighted by atomic mass is 10.00. The van der Waals surface area contributed by atoms with Crippen molar-refractivity contribution in [3.63, 3.8) is 0 Å². The fraction of sp³-hybridized carbons (Fsp3) is 0.0172. The van der Waals surface area contributed by atoms with E-state index in [4.69, 9.17) is 23.8 Å². The van der Waals surface area contributed by atoms with Crippen molar-refractivity contribution in [1.29, 1.82) is 0 Å². The van der Waals surface area contributed by atoms with Crippen molar-refractivity contribution in [3.8, 4) is 62.1 Å². The summed E-state index contributed by atoms with van der Waals surface area (Å²) in [6.45, 7) is 0. The van der Waals surface area contributed by atoms with Crippen LogP contribution in [0, 0.1) is 0 Å². The van der Waals surface area contributed by atoms with Crippen molar-refractivity contribution in [2.24, 2.45) is 0 Å². The molecule has 13 aromatic rings. The number of benzene rings is 9. The molecular weight excluding hydrogens is 785 g/mol. The molecule has 0 bridgehead atoms. The Balaban J connectivity index is 0.889. The van der Waals surface area contributed by atoms with Crippen LogP contribution in [0.5, 0.6) is 0 Å². The van der Waals surface area contributed by atoms with Crippen LogP contribution in [0.25, 0.3) is 128 Å². The van der Waals surface area contributed by atoms with Gasteiger partial charge in [-0.1, -0.05) is 140 Å². The van der Waals surface area contributed by atoms with Gasteiger partial charge in [-0.3, -0.25) is 0 Å². The van der Waals surface area contributed by atoms with Crippen LogP contribution in [-0.4, -0.2) is 19.5 Å². The van der Waals surface area contributed by atoms with E-state index in [1.54, 1.807) is 0 Å². The van der Waals surface area contributed by atoms with Crippen molar-refractivity contribution < 1.29 is 8.83 Å². The smallest absolute Gasteiger partial charge is 0.178 e. The third-order valence-electron chi connectivity index (χ3n) is 13.1. The summed E-state index contributed by atoms with van der Waals surface area (Å²) in [4.78, 5) is 15.0. The molecule has 0 saturated heterocycles. The highest BCUT2D eigenvalue weighted by Crippen LogP contribution is 2.44. The van der Waals surface area contributed by atoms with Gasteiger partial charge in [-0.05, 0) is 88.8 Å². The summed E-state index contributed by atoms with van der Waals surface area (Å²) in [6, 6.07) is 68.3. The van der Waals surface area contributed by atoms with Gasteiger partial charge in [0.05, 0.1) is 11.0 Å². The Labute approximate surface area is 366 Å². The van der Waals surface area contributed by atoms with Gasteiger partial charge in [0.25, 0.3) is 0 Å². The van der Waals surface area contributed by atoms with E-state index in [9.17, 15) is 0 Å². The standard InChI is InChI=1S/C58H34N4O2/c1-3-12-34(13-4-1)56-59-57(35-14-5-2-6-15-35)61-58(60-56)39-23-22-36-30-37-24-26-40(33-48(37)47(36)32-39)62-50-20-9-7-16-42(50)49-31-38(25-29-51(49)62)41-18-11-19-44-46-28-27-45-43-17-8-10-21-52(43)63-54(45)55(46)64-53(41)44/h1-29,31-33H,30H2. The van der Waals surface area contributed by atoms with E-state index in [0.29, 0.717) is 17.5 Å². The van der Waals surface area contributed by atoms with E-state index >= 15 is 0 Å². The summed E-state index contributed by atoms with van der Waals surface area (Å²) in [7, 11) is 0. The number of hydrogen-bond acceptors (Lipinski definition) is 5. The first-order valence-electron chi connectivity index (χ1n) is 21.6. The van der Waals surface area contributed by atoms with Crippen LogP contribution in [-0.2, 0) is 6.42 Å². The largest absolute Gasteiger partial charge is 0.452 e. The van der Waals surface area contributed by atoms with Gasteiger partial charge in [-0.2, -0.15) is 0 Å². The van der Waals surface area contributed by atoms with Crippen molar-refractivity contribution >= 4 is 65.7 Å². The molecule has 298 valence electrons. The van der Waals surface area contributed by atoms with Gasteiger partial charge < -0.3 is 13.4 Å². The van der Waals surface area contributed by atoms with Crippen LogP contribution in [0.2, 0.25) is 0 Å². The molecule has 0 saturated carbocycles. The summed E-state index contributed by atoms with van der Waals surface area (Å²) < 4.78 is 15.6. The molecule has 1 aliphatic rings. The SMILES string of the molecule is c1ccc(-c2nc(-c3ccccc3)nc(-c3ccc4c(c3)-c3cc(-n5c6ccccc6c6cc(-c7cccc8c7oc7c8ccc8c9ccccc9oc87)ccc65)ccc3C4)n2)cc1. The lowest BCUT2D eigenvalue weighted by molar-refractivity contribution is 0.634. The van der Waals surface area contributed by atoms with Crippen molar-refractivity contribution in [1.82, 2.24) is 19.5 Å². The summed E-state index contributed by atoms with van der Waals surface area (Å²) >= 11 is 0. The lowest BCUT2D eigenvalue weighted by Gasteiger charge is -2.12. The number of furan rings is 2. The first-order valence-corrected chi connectivity index (χ1v) is 21.6. The topological polar surface area (TPSA) is 69.9 Å². The summed E-state index contributed by atoms with van der Waals surface area (Å²) in [5.74, 6) is 1.96. The highest BCUT2D eigenvalue weighted by molar-refractivity contribution is 6.20. The molecule has 14 rings (SSSR count). The zero-order valence-electron chi connectivity index (χ0n) is 34.3. The molecule has 64 heavy (non-hydrogen) atoms. The molecule has 0 N–H and O–H groups in total. The van der Waals surface area contributed by atoms with Gasteiger partial charge in [-0.15, -0.1) is 0 Å². The maximum absolute atomic E-state index is 6.81. The molecule has 0 spiro atoms. The Morgan fingerprint density at radius 2 is 0.922 bits per heavy atom. The van der Waals surface area contributed by atoms with Crippen molar-refractivity contribution in [2.45, 2.75) is 6.42 Å². The number of aromatic nitrogens is 4. The molecule has 0 fully saturated rings. The predicted molar refractivity (Wildman–Crippen MR) is 259 cm³/mol. The van der Waals surface area contributed by atoms with E-state index in [2.05, 4.69) is 120 Å². The second-order valence-electron chi connectivity index (χ2n) is 16.7. The number of para-hydroxylation sites is 3. The molecule has 6 nitrogen and oxygen atoms in total. The molecule has 4 aromatic heterocycles. The zero-order valence-corrected chi connectivity index (χ0v) is 34.3. The molecule has 0 amide bonds. The predicted octanol–water partition coefficient (Wildman–Crippen LogP) is 15.0.